The van der Waals surface area contributed by atoms with Gasteiger partial charge in [0, 0.05) is 25.2 Å². The fourth-order valence-corrected chi connectivity index (χ4v) is 2.68. The second-order valence-corrected chi connectivity index (χ2v) is 6.51. The maximum atomic E-state index is 13.2. The fraction of sp³-hybridized carbons (Fsp3) is 0.316. The first kappa shape index (κ1) is 18.6. The van der Waals surface area contributed by atoms with Crippen molar-refractivity contribution in [3.8, 4) is 0 Å². The van der Waals surface area contributed by atoms with Crippen molar-refractivity contribution >= 4 is 21.8 Å². The van der Waals surface area contributed by atoms with E-state index in [4.69, 9.17) is 0 Å². The number of benzene rings is 2. The van der Waals surface area contributed by atoms with Crippen molar-refractivity contribution in [1.29, 1.82) is 0 Å². The molecule has 0 bridgehead atoms. The predicted molar refractivity (Wildman–Crippen MR) is 98.3 cm³/mol. The standard InChI is InChI=1S/C19H22BrFN2O/c1-2-3-10-23-19(24)16-7-4-14(5-8-16)12-22-13-15-6-9-18(21)17(20)11-15/h4-9,11,22H,2-3,10,12-13H2,1H3,(H,23,24). The van der Waals surface area contributed by atoms with Crippen LogP contribution in [0.5, 0.6) is 0 Å². The third-order valence-electron chi connectivity index (χ3n) is 3.67. The molecule has 0 spiro atoms. The van der Waals surface area contributed by atoms with Crippen LogP contribution in [0.4, 0.5) is 4.39 Å². The van der Waals surface area contributed by atoms with Crippen LogP contribution in [0.25, 0.3) is 0 Å². The molecule has 0 aliphatic carbocycles. The predicted octanol–water partition coefficient (Wildman–Crippen LogP) is 4.41. The van der Waals surface area contributed by atoms with E-state index in [-0.39, 0.29) is 11.7 Å². The SMILES string of the molecule is CCCCNC(=O)c1ccc(CNCc2ccc(F)c(Br)c2)cc1. The Bertz CT molecular complexity index is 674. The zero-order chi connectivity index (χ0) is 17.4. The lowest BCUT2D eigenvalue weighted by Crippen LogP contribution is -2.24. The highest BCUT2D eigenvalue weighted by atomic mass is 79.9. The molecule has 0 aliphatic heterocycles. The van der Waals surface area contributed by atoms with E-state index in [1.165, 1.54) is 6.07 Å². The Morgan fingerprint density at radius 2 is 1.75 bits per heavy atom. The van der Waals surface area contributed by atoms with E-state index in [1.807, 2.05) is 24.3 Å². The number of rotatable bonds is 8. The van der Waals surface area contributed by atoms with Crippen molar-refractivity contribution in [3.63, 3.8) is 0 Å². The number of unbranched alkanes of at least 4 members (excludes halogenated alkanes) is 1. The highest BCUT2D eigenvalue weighted by Crippen LogP contribution is 2.16. The Kier molecular flexibility index (Phi) is 7.40. The van der Waals surface area contributed by atoms with E-state index < -0.39 is 0 Å². The lowest BCUT2D eigenvalue weighted by Gasteiger charge is -2.08. The van der Waals surface area contributed by atoms with Gasteiger partial charge in [0.2, 0.25) is 0 Å². The second-order valence-electron chi connectivity index (χ2n) is 5.66. The van der Waals surface area contributed by atoms with E-state index in [9.17, 15) is 9.18 Å². The zero-order valence-electron chi connectivity index (χ0n) is 13.7. The largest absolute Gasteiger partial charge is 0.352 e. The molecule has 0 fully saturated rings. The molecule has 1 amide bonds. The maximum Gasteiger partial charge on any atom is 0.251 e. The third-order valence-corrected chi connectivity index (χ3v) is 4.28. The average molecular weight is 393 g/mol. The normalized spacial score (nSPS) is 10.6. The van der Waals surface area contributed by atoms with Crippen LogP contribution in [-0.2, 0) is 13.1 Å². The van der Waals surface area contributed by atoms with Crippen LogP contribution in [0.2, 0.25) is 0 Å². The summed E-state index contributed by atoms with van der Waals surface area (Å²) >= 11 is 3.19. The summed E-state index contributed by atoms with van der Waals surface area (Å²) in [5.74, 6) is -0.286. The molecule has 2 aromatic rings. The van der Waals surface area contributed by atoms with Crippen molar-refractivity contribution in [1.82, 2.24) is 10.6 Å². The third kappa shape index (κ3) is 5.73. The maximum absolute atomic E-state index is 13.2. The quantitative estimate of drug-likeness (QED) is 0.653. The summed E-state index contributed by atoms with van der Waals surface area (Å²) in [4.78, 5) is 11.9. The van der Waals surface area contributed by atoms with Gasteiger partial charge in [0.05, 0.1) is 4.47 Å². The lowest BCUT2D eigenvalue weighted by molar-refractivity contribution is 0.0953. The summed E-state index contributed by atoms with van der Waals surface area (Å²) in [6.45, 7) is 4.15. The first-order valence-electron chi connectivity index (χ1n) is 8.12. The molecule has 128 valence electrons. The monoisotopic (exact) mass is 392 g/mol. The van der Waals surface area contributed by atoms with Gasteiger partial charge < -0.3 is 10.6 Å². The summed E-state index contributed by atoms with van der Waals surface area (Å²) in [6, 6.07) is 12.6. The molecule has 0 atom stereocenters. The first-order chi connectivity index (χ1) is 11.6. The van der Waals surface area contributed by atoms with E-state index in [0.717, 1.165) is 24.0 Å². The van der Waals surface area contributed by atoms with Gasteiger partial charge in [0.1, 0.15) is 5.82 Å². The second kappa shape index (κ2) is 9.55. The van der Waals surface area contributed by atoms with Gasteiger partial charge in [0.15, 0.2) is 0 Å². The molecule has 0 aromatic heterocycles. The molecular weight excluding hydrogens is 371 g/mol. The molecule has 3 nitrogen and oxygen atoms in total. The fourth-order valence-electron chi connectivity index (χ4n) is 2.26. The van der Waals surface area contributed by atoms with Crippen molar-refractivity contribution < 1.29 is 9.18 Å². The summed E-state index contributed by atoms with van der Waals surface area (Å²) in [5, 5.41) is 6.22. The Morgan fingerprint density at radius 1 is 1.08 bits per heavy atom. The van der Waals surface area contributed by atoms with Gasteiger partial charge in [-0.1, -0.05) is 31.5 Å². The van der Waals surface area contributed by atoms with Crippen LogP contribution in [0.3, 0.4) is 0 Å². The number of amides is 1. The van der Waals surface area contributed by atoms with Gasteiger partial charge in [0.25, 0.3) is 5.91 Å². The van der Waals surface area contributed by atoms with E-state index >= 15 is 0 Å². The molecule has 0 unspecified atom stereocenters. The van der Waals surface area contributed by atoms with Crippen LogP contribution in [0, 0.1) is 5.82 Å². The molecule has 24 heavy (non-hydrogen) atoms. The van der Waals surface area contributed by atoms with Crippen molar-refractivity contribution in [2.24, 2.45) is 0 Å². The van der Waals surface area contributed by atoms with Crippen LogP contribution in [0.1, 0.15) is 41.3 Å². The molecule has 5 heteroatoms. The van der Waals surface area contributed by atoms with E-state index in [0.29, 0.717) is 29.7 Å². The summed E-state index contributed by atoms with van der Waals surface area (Å²) < 4.78 is 13.7. The van der Waals surface area contributed by atoms with Gasteiger partial charge in [-0.15, -0.1) is 0 Å². The Morgan fingerprint density at radius 3 is 2.42 bits per heavy atom. The lowest BCUT2D eigenvalue weighted by atomic mass is 10.1. The number of carbonyl (C=O) groups is 1. The first-order valence-corrected chi connectivity index (χ1v) is 8.91. The highest BCUT2D eigenvalue weighted by Gasteiger charge is 2.04. The zero-order valence-corrected chi connectivity index (χ0v) is 15.3. The van der Waals surface area contributed by atoms with Gasteiger partial charge in [-0.05, 0) is 57.7 Å². The number of nitrogens with one attached hydrogen (secondary N) is 2. The molecule has 0 saturated carbocycles. The van der Waals surface area contributed by atoms with Crippen LogP contribution >= 0.6 is 15.9 Å². The van der Waals surface area contributed by atoms with Crippen molar-refractivity contribution in [3.05, 3.63) is 69.4 Å². The van der Waals surface area contributed by atoms with E-state index in [2.05, 4.69) is 33.5 Å². The Balaban J connectivity index is 1.81. The molecular formula is C19H22BrFN2O. The molecule has 0 heterocycles. The molecule has 2 N–H and O–H groups in total. The smallest absolute Gasteiger partial charge is 0.251 e. The summed E-state index contributed by atoms with van der Waals surface area (Å²) in [6.07, 6.45) is 2.06. The number of carbonyl (C=O) groups excluding carboxylic acids is 1. The molecule has 2 aromatic carbocycles. The highest BCUT2D eigenvalue weighted by molar-refractivity contribution is 9.10. The number of hydrogen-bond donors (Lipinski definition) is 2. The minimum absolute atomic E-state index is 0.0286. The Hall–Kier alpha value is -1.72. The average Bonchev–Trinajstić information content (AvgIpc) is 2.59. The van der Waals surface area contributed by atoms with Gasteiger partial charge in [-0.25, -0.2) is 4.39 Å². The van der Waals surface area contributed by atoms with E-state index in [1.54, 1.807) is 12.1 Å². The van der Waals surface area contributed by atoms with Crippen LogP contribution < -0.4 is 10.6 Å². The Labute approximate surface area is 150 Å². The van der Waals surface area contributed by atoms with Crippen LogP contribution in [0.15, 0.2) is 46.9 Å². The van der Waals surface area contributed by atoms with Crippen LogP contribution in [-0.4, -0.2) is 12.5 Å². The van der Waals surface area contributed by atoms with Gasteiger partial charge in [-0.2, -0.15) is 0 Å². The molecule has 2 rings (SSSR count). The van der Waals surface area contributed by atoms with Gasteiger partial charge in [-0.3, -0.25) is 4.79 Å². The molecule has 0 radical (unpaired) electrons. The minimum atomic E-state index is -0.258. The molecule has 0 saturated heterocycles. The summed E-state index contributed by atoms with van der Waals surface area (Å²) in [5.41, 5.74) is 2.79. The van der Waals surface area contributed by atoms with Crippen molar-refractivity contribution in [2.75, 3.05) is 6.54 Å². The summed E-state index contributed by atoms with van der Waals surface area (Å²) in [7, 11) is 0. The van der Waals surface area contributed by atoms with Crippen molar-refractivity contribution in [2.45, 2.75) is 32.9 Å². The number of halogens is 2. The number of hydrogen-bond acceptors (Lipinski definition) is 2. The minimum Gasteiger partial charge on any atom is -0.352 e. The topological polar surface area (TPSA) is 41.1 Å². The van der Waals surface area contributed by atoms with Gasteiger partial charge >= 0.3 is 0 Å². The molecule has 0 aliphatic rings.